The van der Waals surface area contributed by atoms with Crippen LogP contribution in [0.25, 0.3) is 0 Å². The first kappa shape index (κ1) is 23.5. The van der Waals surface area contributed by atoms with E-state index in [2.05, 4.69) is 56.4 Å². The molecule has 1 aromatic carbocycles. The third-order valence-electron chi connectivity index (χ3n) is 8.44. The topological polar surface area (TPSA) is 60.0 Å². The maximum atomic E-state index is 12.7. The molecule has 2 aliphatic carbocycles. The monoisotopic (exact) mass is 444 g/mol. The van der Waals surface area contributed by atoms with Crippen LogP contribution in [-0.4, -0.2) is 58.4 Å². The standard InChI is InChI=1S/C26H40N2O4/c1-25(2)18-14-20-23(19-13-17(16-28(3)4)7-8-21(19)31-6)32-12-10-26(20,15-18)24(25)27-22(29)9-11-30-5/h7-8,13,18,20,23-24H,9-12,14-16H2,1-6H3,(H,27,29)/t18-,20-,23-,24+,26-/m1/s1. The van der Waals surface area contributed by atoms with Crippen LogP contribution in [0.5, 0.6) is 5.75 Å². The molecule has 178 valence electrons. The van der Waals surface area contributed by atoms with Crippen LogP contribution in [0, 0.1) is 22.7 Å². The zero-order valence-corrected chi connectivity index (χ0v) is 20.6. The number of carbonyl (C=O) groups is 1. The van der Waals surface area contributed by atoms with Crippen LogP contribution in [-0.2, 0) is 20.8 Å². The van der Waals surface area contributed by atoms with Crippen molar-refractivity contribution in [2.45, 2.75) is 58.2 Å². The maximum Gasteiger partial charge on any atom is 0.222 e. The van der Waals surface area contributed by atoms with Crippen molar-refractivity contribution in [3.8, 4) is 5.75 Å². The van der Waals surface area contributed by atoms with E-state index in [1.807, 2.05) is 0 Å². The molecule has 0 radical (unpaired) electrons. The van der Waals surface area contributed by atoms with Gasteiger partial charge in [-0.25, -0.2) is 0 Å². The summed E-state index contributed by atoms with van der Waals surface area (Å²) in [6.45, 7) is 6.74. The Morgan fingerprint density at radius 3 is 2.75 bits per heavy atom. The summed E-state index contributed by atoms with van der Waals surface area (Å²) in [5, 5.41) is 3.45. The van der Waals surface area contributed by atoms with Gasteiger partial charge in [0.15, 0.2) is 0 Å². The average molecular weight is 445 g/mol. The normalized spacial score (nSPS) is 32.7. The number of hydrogen-bond acceptors (Lipinski definition) is 5. The Hall–Kier alpha value is -1.63. The lowest BCUT2D eigenvalue weighted by Gasteiger charge is -2.53. The van der Waals surface area contributed by atoms with Gasteiger partial charge in [0.05, 0.1) is 19.8 Å². The minimum Gasteiger partial charge on any atom is -0.496 e. The van der Waals surface area contributed by atoms with Gasteiger partial charge in [-0.1, -0.05) is 19.9 Å². The lowest BCUT2D eigenvalue weighted by molar-refractivity contribution is -0.138. The first-order chi connectivity index (χ1) is 15.2. The molecule has 32 heavy (non-hydrogen) atoms. The van der Waals surface area contributed by atoms with Crippen LogP contribution in [0.15, 0.2) is 18.2 Å². The highest BCUT2D eigenvalue weighted by Crippen LogP contribution is 2.70. The van der Waals surface area contributed by atoms with E-state index in [1.165, 1.54) is 12.0 Å². The molecule has 3 aliphatic rings. The van der Waals surface area contributed by atoms with Gasteiger partial charge in [0.2, 0.25) is 5.91 Å². The van der Waals surface area contributed by atoms with E-state index >= 15 is 0 Å². The number of hydrogen-bond donors (Lipinski definition) is 1. The number of fused-ring (bicyclic) bond motifs is 1. The second kappa shape index (κ2) is 8.96. The first-order valence-electron chi connectivity index (χ1n) is 11.9. The molecule has 1 N–H and O–H groups in total. The highest BCUT2D eigenvalue weighted by Gasteiger charge is 2.68. The van der Waals surface area contributed by atoms with Crippen molar-refractivity contribution in [3.63, 3.8) is 0 Å². The van der Waals surface area contributed by atoms with Gasteiger partial charge in [0.25, 0.3) is 0 Å². The SMILES string of the molecule is COCCC(=O)N[C@H]1C(C)(C)[C@@H]2C[C@@H]3[C@@H](c4cc(CN(C)C)ccc4OC)OCC[C@@]31C2. The Morgan fingerprint density at radius 1 is 1.28 bits per heavy atom. The minimum absolute atomic E-state index is 0.000268. The van der Waals surface area contributed by atoms with Gasteiger partial charge >= 0.3 is 0 Å². The summed E-state index contributed by atoms with van der Waals surface area (Å²) in [6.07, 6.45) is 3.72. The first-order valence-corrected chi connectivity index (χ1v) is 11.9. The molecule has 6 heteroatoms. The van der Waals surface area contributed by atoms with Gasteiger partial charge < -0.3 is 24.4 Å². The molecule has 6 nitrogen and oxygen atoms in total. The Morgan fingerprint density at radius 2 is 2.06 bits per heavy atom. The molecule has 1 heterocycles. The van der Waals surface area contributed by atoms with Crippen LogP contribution in [0.1, 0.15) is 56.8 Å². The van der Waals surface area contributed by atoms with E-state index in [4.69, 9.17) is 14.2 Å². The number of nitrogens with zero attached hydrogens (tertiary/aromatic N) is 1. The van der Waals surface area contributed by atoms with Crippen molar-refractivity contribution >= 4 is 5.91 Å². The van der Waals surface area contributed by atoms with Crippen LogP contribution in [0.2, 0.25) is 0 Å². The van der Waals surface area contributed by atoms with Crippen molar-refractivity contribution in [1.29, 1.82) is 0 Å². The fourth-order valence-electron chi connectivity index (χ4n) is 6.99. The summed E-state index contributed by atoms with van der Waals surface area (Å²) in [6, 6.07) is 6.65. The zero-order valence-electron chi connectivity index (χ0n) is 20.6. The maximum absolute atomic E-state index is 12.7. The number of carbonyl (C=O) groups excluding carboxylic acids is 1. The van der Waals surface area contributed by atoms with Crippen molar-refractivity contribution in [3.05, 3.63) is 29.3 Å². The molecule has 3 fully saturated rings. The van der Waals surface area contributed by atoms with E-state index < -0.39 is 0 Å². The Labute approximate surface area is 193 Å². The smallest absolute Gasteiger partial charge is 0.222 e. The van der Waals surface area contributed by atoms with Crippen LogP contribution >= 0.6 is 0 Å². The summed E-state index contributed by atoms with van der Waals surface area (Å²) in [5.41, 5.74) is 2.58. The van der Waals surface area contributed by atoms with Gasteiger partial charge in [0, 0.05) is 38.3 Å². The average Bonchev–Trinajstić information content (AvgIpc) is 3.24. The highest BCUT2D eigenvalue weighted by molar-refractivity contribution is 5.76. The molecule has 1 aromatic rings. The summed E-state index contributed by atoms with van der Waals surface area (Å²) >= 11 is 0. The minimum atomic E-state index is 0.000268. The molecule has 5 atom stereocenters. The fourth-order valence-corrected chi connectivity index (χ4v) is 6.99. The van der Waals surface area contributed by atoms with Crippen molar-refractivity contribution in [2.24, 2.45) is 22.7 Å². The summed E-state index contributed by atoms with van der Waals surface area (Å²) in [7, 11) is 7.56. The largest absolute Gasteiger partial charge is 0.496 e. The second-order valence-corrected chi connectivity index (χ2v) is 10.9. The molecule has 0 aromatic heterocycles. The molecule has 1 amide bonds. The third-order valence-corrected chi connectivity index (χ3v) is 8.44. The van der Waals surface area contributed by atoms with Crippen LogP contribution < -0.4 is 10.1 Å². The van der Waals surface area contributed by atoms with E-state index in [9.17, 15) is 4.79 Å². The summed E-state index contributed by atoms with van der Waals surface area (Å²) in [4.78, 5) is 14.9. The molecule has 1 spiro atoms. The van der Waals surface area contributed by atoms with E-state index in [-0.39, 0.29) is 28.9 Å². The van der Waals surface area contributed by atoms with Gasteiger partial charge in [-0.15, -0.1) is 0 Å². The molecule has 4 rings (SSSR count). The van der Waals surface area contributed by atoms with Crippen molar-refractivity contribution < 1.29 is 19.0 Å². The van der Waals surface area contributed by atoms with Gasteiger partial charge in [-0.3, -0.25) is 4.79 Å². The Bertz CT molecular complexity index is 839. The molecular formula is C26H40N2O4. The zero-order chi connectivity index (χ0) is 23.1. The second-order valence-electron chi connectivity index (χ2n) is 10.9. The number of amides is 1. The molecule has 0 unspecified atom stereocenters. The highest BCUT2D eigenvalue weighted by atomic mass is 16.5. The van der Waals surface area contributed by atoms with Crippen LogP contribution in [0.3, 0.4) is 0 Å². The third kappa shape index (κ3) is 3.95. The molecule has 2 bridgehead atoms. The fraction of sp³-hybridized carbons (Fsp3) is 0.731. The summed E-state index contributed by atoms with van der Waals surface area (Å²) in [5.74, 6) is 1.96. The number of rotatable bonds is 8. The Balaban J connectivity index is 1.66. The number of benzene rings is 1. The van der Waals surface area contributed by atoms with Gasteiger partial charge in [0.1, 0.15) is 5.75 Å². The van der Waals surface area contributed by atoms with Gasteiger partial charge in [-0.05, 0) is 73.7 Å². The van der Waals surface area contributed by atoms with E-state index in [0.717, 1.165) is 37.3 Å². The number of nitrogens with one attached hydrogen (secondary N) is 1. The summed E-state index contributed by atoms with van der Waals surface area (Å²) < 4.78 is 17.4. The lowest BCUT2D eigenvalue weighted by atomic mass is 9.58. The predicted octanol–water partition coefficient (Wildman–Crippen LogP) is 3.79. The van der Waals surface area contributed by atoms with Crippen molar-refractivity contribution in [1.82, 2.24) is 10.2 Å². The molecule has 2 saturated carbocycles. The lowest BCUT2D eigenvalue weighted by Crippen LogP contribution is -2.59. The molecule has 1 aliphatic heterocycles. The number of ether oxygens (including phenoxy) is 3. The molecule has 1 saturated heterocycles. The van der Waals surface area contributed by atoms with Crippen molar-refractivity contribution in [2.75, 3.05) is 41.5 Å². The molecular weight excluding hydrogens is 404 g/mol. The predicted molar refractivity (Wildman–Crippen MR) is 125 cm³/mol. The van der Waals surface area contributed by atoms with Gasteiger partial charge in [-0.2, -0.15) is 0 Å². The van der Waals surface area contributed by atoms with E-state index in [0.29, 0.717) is 24.9 Å². The Kier molecular flexibility index (Phi) is 6.59. The van der Waals surface area contributed by atoms with Crippen LogP contribution in [0.4, 0.5) is 0 Å². The number of methoxy groups -OCH3 is 2. The quantitative estimate of drug-likeness (QED) is 0.661. The van der Waals surface area contributed by atoms with E-state index in [1.54, 1.807) is 14.2 Å².